The van der Waals surface area contributed by atoms with Gasteiger partial charge in [0.2, 0.25) is 0 Å². The average Bonchev–Trinajstić information content (AvgIpc) is 3.08. The van der Waals surface area contributed by atoms with Crippen LogP contribution in [0.25, 0.3) is 0 Å². The summed E-state index contributed by atoms with van der Waals surface area (Å²) in [5.74, 6) is -0.819. The zero-order valence-electron chi connectivity index (χ0n) is 15.2. The van der Waals surface area contributed by atoms with Crippen LogP contribution in [0.2, 0.25) is 0 Å². The highest BCUT2D eigenvalue weighted by Gasteiger charge is 2.19. The third-order valence-corrected chi connectivity index (χ3v) is 4.10. The van der Waals surface area contributed by atoms with Crippen molar-refractivity contribution < 1.29 is 9.18 Å². The Morgan fingerprint density at radius 3 is 2.63 bits per heavy atom. The predicted octanol–water partition coefficient (Wildman–Crippen LogP) is 3.26. The molecule has 0 spiro atoms. The molecule has 0 unspecified atom stereocenters. The molecule has 1 aliphatic heterocycles. The number of piperidine rings is 1. The summed E-state index contributed by atoms with van der Waals surface area (Å²) in [7, 11) is 0. The number of benzene rings is 1. The maximum Gasteiger partial charge on any atom is 0.277 e. The van der Waals surface area contributed by atoms with Crippen molar-refractivity contribution in [2.45, 2.75) is 38.8 Å². The molecule has 1 aromatic heterocycles. The summed E-state index contributed by atoms with van der Waals surface area (Å²) in [5, 5.41) is 17.2. The van der Waals surface area contributed by atoms with E-state index in [2.05, 4.69) is 26.3 Å². The third kappa shape index (κ3) is 6.05. The molecule has 0 atom stereocenters. The van der Waals surface area contributed by atoms with Gasteiger partial charge < -0.3 is 16.0 Å². The molecule has 2 aromatic rings. The van der Waals surface area contributed by atoms with E-state index in [9.17, 15) is 9.18 Å². The Balaban J connectivity index is 0.00000182. The van der Waals surface area contributed by atoms with Crippen LogP contribution in [0.4, 0.5) is 15.8 Å². The number of carbonyl (C=O) groups excluding carboxylic acids is 1. The van der Waals surface area contributed by atoms with E-state index < -0.39 is 11.7 Å². The standard InChI is InChI=1S/C17H23FN6O.2ClH/c1-11(2)20-14-4-3-12(18)9-15(14)21-17(25)16-10-24(23-22-16)13-5-7-19-8-6-13;;/h3-4,9-11,13,19-20H,5-8H2,1-2H3,(H,21,25);2*1H. The summed E-state index contributed by atoms with van der Waals surface area (Å²) in [5.41, 5.74) is 1.27. The number of hydrogen-bond donors (Lipinski definition) is 3. The molecule has 1 amide bonds. The van der Waals surface area contributed by atoms with E-state index in [1.807, 2.05) is 13.8 Å². The van der Waals surface area contributed by atoms with Crippen LogP contribution in [0.15, 0.2) is 24.4 Å². The first-order valence-corrected chi connectivity index (χ1v) is 8.53. The molecule has 27 heavy (non-hydrogen) atoms. The molecule has 3 rings (SSSR count). The highest BCUT2D eigenvalue weighted by molar-refractivity contribution is 6.04. The number of halogens is 3. The Labute approximate surface area is 170 Å². The van der Waals surface area contributed by atoms with Crippen molar-refractivity contribution in [1.29, 1.82) is 0 Å². The largest absolute Gasteiger partial charge is 0.381 e. The predicted molar refractivity (Wildman–Crippen MR) is 109 cm³/mol. The van der Waals surface area contributed by atoms with Gasteiger partial charge in [-0.1, -0.05) is 5.21 Å². The SMILES string of the molecule is CC(C)Nc1ccc(F)cc1NC(=O)c1cn(C2CCNCC2)nn1.Cl.Cl. The van der Waals surface area contributed by atoms with Gasteiger partial charge in [0.25, 0.3) is 5.91 Å². The maximum atomic E-state index is 13.6. The van der Waals surface area contributed by atoms with Crippen LogP contribution >= 0.6 is 24.8 Å². The minimum atomic E-state index is -0.414. The number of rotatable bonds is 5. The van der Waals surface area contributed by atoms with Crippen LogP contribution in [0, 0.1) is 5.82 Å². The van der Waals surface area contributed by atoms with Crippen molar-refractivity contribution in [3.8, 4) is 0 Å². The van der Waals surface area contributed by atoms with Crippen LogP contribution in [0.3, 0.4) is 0 Å². The third-order valence-electron chi connectivity index (χ3n) is 4.10. The van der Waals surface area contributed by atoms with E-state index in [1.165, 1.54) is 12.1 Å². The highest BCUT2D eigenvalue weighted by Crippen LogP contribution is 2.24. The minimum Gasteiger partial charge on any atom is -0.381 e. The number of aromatic nitrogens is 3. The normalized spacial score (nSPS) is 14.2. The molecule has 0 saturated carbocycles. The van der Waals surface area contributed by atoms with Crippen molar-refractivity contribution in [2.75, 3.05) is 23.7 Å². The lowest BCUT2D eigenvalue weighted by Crippen LogP contribution is -2.29. The van der Waals surface area contributed by atoms with Gasteiger partial charge in [-0.3, -0.25) is 4.79 Å². The number of nitrogens with zero attached hydrogens (tertiary/aromatic N) is 3. The Kier molecular flexibility index (Phi) is 8.95. The van der Waals surface area contributed by atoms with Crippen LogP contribution < -0.4 is 16.0 Å². The summed E-state index contributed by atoms with van der Waals surface area (Å²) in [6.07, 6.45) is 3.56. The topological polar surface area (TPSA) is 83.9 Å². The lowest BCUT2D eigenvalue weighted by atomic mass is 10.1. The van der Waals surface area contributed by atoms with Crippen LogP contribution in [0.1, 0.15) is 43.2 Å². The number of carbonyl (C=O) groups is 1. The fourth-order valence-electron chi connectivity index (χ4n) is 2.87. The minimum absolute atomic E-state index is 0. The van der Waals surface area contributed by atoms with Gasteiger partial charge in [-0.05, 0) is 58.0 Å². The van der Waals surface area contributed by atoms with Crippen LogP contribution in [-0.2, 0) is 0 Å². The molecule has 1 aliphatic rings. The van der Waals surface area contributed by atoms with Gasteiger partial charge in [-0.2, -0.15) is 0 Å². The molecule has 3 N–H and O–H groups in total. The van der Waals surface area contributed by atoms with Gasteiger partial charge in [0.05, 0.1) is 23.6 Å². The Hall–Kier alpha value is -1.90. The van der Waals surface area contributed by atoms with Gasteiger partial charge >= 0.3 is 0 Å². The fourth-order valence-corrected chi connectivity index (χ4v) is 2.87. The molecular weight excluding hydrogens is 394 g/mol. The summed E-state index contributed by atoms with van der Waals surface area (Å²) in [6, 6.07) is 4.66. The van der Waals surface area contributed by atoms with E-state index in [-0.39, 0.29) is 42.6 Å². The van der Waals surface area contributed by atoms with Gasteiger partial charge in [0, 0.05) is 6.04 Å². The molecule has 1 aromatic carbocycles. The first-order valence-electron chi connectivity index (χ1n) is 8.53. The van der Waals surface area contributed by atoms with Crippen molar-refractivity contribution in [3.63, 3.8) is 0 Å². The summed E-state index contributed by atoms with van der Waals surface area (Å²) < 4.78 is 15.3. The smallest absolute Gasteiger partial charge is 0.277 e. The lowest BCUT2D eigenvalue weighted by Gasteiger charge is -2.22. The van der Waals surface area contributed by atoms with Crippen LogP contribution in [-0.4, -0.2) is 40.0 Å². The van der Waals surface area contributed by atoms with Crippen molar-refractivity contribution in [3.05, 3.63) is 35.9 Å². The fraction of sp³-hybridized carbons (Fsp3) is 0.471. The molecule has 0 bridgehead atoms. The first-order chi connectivity index (χ1) is 12.0. The van der Waals surface area contributed by atoms with Crippen molar-refractivity contribution in [2.24, 2.45) is 0 Å². The zero-order chi connectivity index (χ0) is 17.8. The Bertz CT molecular complexity index is 749. The molecule has 0 radical (unpaired) electrons. The van der Waals surface area contributed by atoms with E-state index in [0.29, 0.717) is 11.4 Å². The summed E-state index contributed by atoms with van der Waals surface area (Å²) >= 11 is 0. The molecular formula is C17H25Cl2FN6O. The average molecular weight is 419 g/mol. The first kappa shape index (κ1) is 23.1. The molecule has 1 saturated heterocycles. The Morgan fingerprint density at radius 2 is 1.96 bits per heavy atom. The number of nitrogens with one attached hydrogen (secondary N) is 3. The van der Waals surface area contributed by atoms with Crippen molar-refractivity contribution in [1.82, 2.24) is 20.3 Å². The number of amides is 1. The quantitative estimate of drug-likeness (QED) is 0.693. The van der Waals surface area contributed by atoms with Gasteiger partial charge in [-0.25, -0.2) is 9.07 Å². The van der Waals surface area contributed by atoms with Gasteiger partial charge in [-0.15, -0.1) is 29.9 Å². The summed E-state index contributed by atoms with van der Waals surface area (Å²) in [6.45, 7) is 5.80. The van der Waals surface area contributed by atoms with E-state index >= 15 is 0 Å². The van der Waals surface area contributed by atoms with E-state index in [4.69, 9.17) is 0 Å². The molecule has 150 valence electrons. The maximum absolute atomic E-state index is 13.6. The van der Waals surface area contributed by atoms with Gasteiger partial charge in [0.1, 0.15) is 5.82 Å². The van der Waals surface area contributed by atoms with Crippen LogP contribution in [0.5, 0.6) is 0 Å². The Morgan fingerprint density at radius 1 is 1.26 bits per heavy atom. The zero-order valence-corrected chi connectivity index (χ0v) is 16.9. The lowest BCUT2D eigenvalue weighted by molar-refractivity contribution is 0.102. The molecule has 1 fully saturated rings. The second-order valence-corrected chi connectivity index (χ2v) is 6.51. The van der Waals surface area contributed by atoms with Gasteiger partial charge in [0.15, 0.2) is 5.69 Å². The van der Waals surface area contributed by atoms with E-state index in [1.54, 1.807) is 16.9 Å². The van der Waals surface area contributed by atoms with E-state index in [0.717, 1.165) is 25.9 Å². The number of hydrogen-bond acceptors (Lipinski definition) is 5. The van der Waals surface area contributed by atoms with Crippen molar-refractivity contribution >= 4 is 42.1 Å². The number of anilines is 2. The molecule has 0 aliphatic carbocycles. The monoisotopic (exact) mass is 418 g/mol. The second-order valence-electron chi connectivity index (χ2n) is 6.51. The summed E-state index contributed by atoms with van der Waals surface area (Å²) in [4.78, 5) is 12.5. The highest BCUT2D eigenvalue weighted by atomic mass is 35.5. The second kappa shape index (κ2) is 10.4. The molecule has 2 heterocycles. The molecule has 10 heteroatoms. The molecule has 7 nitrogen and oxygen atoms in total.